The number of carbonyl (C=O) groups is 1. The molecule has 1 heterocycles. The van der Waals surface area contributed by atoms with Crippen LogP contribution in [-0.2, 0) is 29.7 Å². The smallest absolute Gasteiger partial charge is 0.407 e. The summed E-state index contributed by atoms with van der Waals surface area (Å²) in [6, 6.07) is 25.1. The third-order valence-electron chi connectivity index (χ3n) is 8.71. The van der Waals surface area contributed by atoms with Crippen molar-refractivity contribution in [3.8, 4) is 28.6 Å². The fraction of sp³-hybridized carbons (Fsp3) is 0.333. The van der Waals surface area contributed by atoms with Crippen molar-refractivity contribution in [3.05, 3.63) is 105 Å². The molecule has 1 amide bonds. The Balaban J connectivity index is 1.64. The number of nitrogens with zero attached hydrogens (tertiary/aromatic N) is 6. The number of benzene rings is 4. The molecule has 0 spiro atoms. The normalized spacial score (nSPS) is 12.4. The number of hydrogen-bond donors (Lipinski definition) is 1. The Morgan fingerprint density at radius 3 is 1.78 bits per heavy atom. The van der Waals surface area contributed by atoms with Crippen molar-refractivity contribution in [2.24, 2.45) is 0 Å². The van der Waals surface area contributed by atoms with Crippen LogP contribution in [-0.4, -0.2) is 87.7 Å². The van der Waals surface area contributed by atoms with Gasteiger partial charge in [0, 0.05) is 38.9 Å². The Hall–Kier alpha value is -4.39. The number of ether oxygens (including phenoxy) is 3. The second-order valence-corrected chi connectivity index (χ2v) is 17.8. The number of tetrazole rings is 1. The summed E-state index contributed by atoms with van der Waals surface area (Å²) in [5.41, 5.74) is 2.02. The van der Waals surface area contributed by atoms with Crippen molar-refractivity contribution >= 4 is 50.5 Å². The van der Waals surface area contributed by atoms with E-state index in [-0.39, 0.29) is 29.6 Å². The lowest BCUT2D eigenvalue weighted by Crippen LogP contribution is -2.51. The van der Waals surface area contributed by atoms with Crippen LogP contribution in [0.4, 0.5) is 4.79 Å². The van der Waals surface area contributed by atoms with E-state index in [0.29, 0.717) is 37.8 Å². The first kappa shape index (κ1) is 41.8. The van der Waals surface area contributed by atoms with Gasteiger partial charge in [0.1, 0.15) is 22.1 Å². The van der Waals surface area contributed by atoms with Gasteiger partial charge in [-0.15, -0.1) is 22.0 Å². The molecule has 16 heteroatoms. The SMILES string of the molecule is COc1ccc(CN(Cc2ccc(OC)cc2)S(=O)(=O)c2c(SC[C@@H](C)N(C(=O)O)C(C)(C)C)ccc(I)c2-c2nnn(Cc3ccc(OC)cc3)n2)cc1. The zero-order chi connectivity index (χ0) is 39.9. The van der Waals surface area contributed by atoms with Crippen molar-refractivity contribution < 1.29 is 32.5 Å². The van der Waals surface area contributed by atoms with Gasteiger partial charge in [0.2, 0.25) is 15.8 Å². The van der Waals surface area contributed by atoms with Gasteiger partial charge in [-0.1, -0.05) is 36.4 Å². The number of aromatic nitrogens is 4. The molecule has 5 aromatic rings. The Bertz CT molecular complexity index is 2130. The zero-order valence-electron chi connectivity index (χ0n) is 31.8. The Labute approximate surface area is 340 Å². The predicted molar refractivity (Wildman–Crippen MR) is 220 cm³/mol. The molecule has 0 aliphatic rings. The van der Waals surface area contributed by atoms with Gasteiger partial charge in [0.15, 0.2) is 0 Å². The number of thioether (sulfide) groups is 1. The molecule has 13 nitrogen and oxygen atoms in total. The molecule has 0 bridgehead atoms. The molecule has 0 aliphatic carbocycles. The molecule has 1 aromatic heterocycles. The highest BCUT2D eigenvalue weighted by Crippen LogP contribution is 2.40. The minimum absolute atomic E-state index is 0.0141. The standard InChI is InChI=1S/C39H45IN6O7S2/c1-26(46(38(47)48)39(2,3)4)25-54-34-21-20-33(40)35(37-41-43-45(42-37)24-29-12-18-32(53-7)19-13-29)36(34)55(49,50)44(22-27-8-14-30(51-5)15-9-27)23-28-10-16-31(52-6)17-11-28/h8-21,26H,22-25H2,1-7H3,(H,47,48)/t26-/m1/s1. The quantitative estimate of drug-likeness (QED) is 0.0769. The molecule has 0 radical (unpaired) electrons. The first-order valence-electron chi connectivity index (χ1n) is 17.3. The number of halogens is 1. The largest absolute Gasteiger partial charge is 0.497 e. The van der Waals surface area contributed by atoms with Crippen LogP contribution in [0.1, 0.15) is 44.4 Å². The van der Waals surface area contributed by atoms with E-state index in [1.54, 1.807) is 51.7 Å². The van der Waals surface area contributed by atoms with Crippen molar-refractivity contribution in [1.29, 1.82) is 0 Å². The molecule has 0 aliphatic heterocycles. The third-order valence-corrected chi connectivity index (χ3v) is 12.9. The summed E-state index contributed by atoms with van der Waals surface area (Å²) in [7, 11) is 0.405. The molecule has 0 saturated heterocycles. The summed E-state index contributed by atoms with van der Waals surface area (Å²) < 4.78 is 48.9. The summed E-state index contributed by atoms with van der Waals surface area (Å²) >= 11 is 3.38. The van der Waals surface area contributed by atoms with Gasteiger partial charge >= 0.3 is 6.09 Å². The highest BCUT2D eigenvalue weighted by molar-refractivity contribution is 14.1. The monoisotopic (exact) mass is 900 g/mol. The Morgan fingerprint density at radius 2 is 1.33 bits per heavy atom. The topological polar surface area (TPSA) is 149 Å². The van der Waals surface area contributed by atoms with Crippen LogP contribution in [0.15, 0.2) is 94.7 Å². The number of rotatable bonds is 16. The van der Waals surface area contributed by atoms with E-state index < -0.39 is 27.7 Å². The summed E-state index contributed by atoms with van der Waals surface area (Å²) in [5, 5.41) is 23.5. The molecule has 1 atom stereocenters. The van der Waals surface area contributed by atoms with Gasteiger partial charge in [-0.2, -0.15) is 9.10 Å². The number of carboxylic acid groups (broad SMARTS) is 1. The van der Waals surface area contributed by atoms with Gasteiger partial charge < -0.3 is 19.3 Å². The first-order valence-corrected chi connectivity index (χ1v) is 20.8. The molecular weight excluding hydrogens is 856 g/mol. The lowest BCUT2D eigenvalue weighted by molar-refractivity contribution is 0.0819. The maximum Gasteiger partial charge on any atom is 0.407 e. The van der Waals surface area contributed by atoms with Crippen LogP contribution >= 0.6 is 34.4 Å². The molecule has 4 aromatic carbocycles. The van der Waals surface area contributed by atoms with Crippen LogP contribution in [0.3, 0.4) is 0 Å². The van der Waals surface area contributed by atoms with E-state index in [2.05, 4.69) is 32.9 Å². The lowest BCUT2D eigenvalue weighted by atomic mass is 10.0. The second-order valence-electron chi connectivity index (χ2n) is 13.7. The van der Waals surface area contributed by atoms with E-state index in [4.69, 9.17) is 19.3 Å². The number of amides is 1. The average molecular weight is 901 g/mol. The Kier molecular flexibility index (Phi) is 13.7. The molecular formula is C39H45IN6O7S2. The van der Waals surface area contributed by atoms with E-state index in [1.165, 1.54) is 25.8 Å². The van der Waals surface area contributed by atoms with Gasteiger partial charge in [-0.3, -0.25) is 4.90 Å². The van der Waals surface area contributed by atoms with Crippen molar-refractivity contribution in [2.45, 2.75) is 68.7 Å². The number of hydrogen-bond acceptors (Lipinski definition) is 10. The zero-order valence-corrected chi connectivity index (χ0v) is 35.6. The van der Waals surface area contributed by atoms with E-state index >= 15 is 8.42 Å². The van der Waals surface area contributed by atoms with E-state index in [9.17, 15) is 9.90 Å². The number of methoxy groups -OCH3 is 3. The minimum Gasteiger partial charge on any atom is -0.497 e. The van der Waals surface area contributed by atoms with Gasteiger partial charge in [-0.25, -0.2) is 13.2 Å². The average Bonchev–Trinajstić information content (AvgIpc) is 3.61. The summed E-state index contributed by atoms with van der Waals surface area (Å²) in [6.07, 6.45) is -1.06. The summed E-state index contributed by atoms with van der Waals surface area (Å²) in [4.78, 5) is 15.6. The van der Waals surface area contributed by atoms with Crippen LogP contribution in [0.25, 0.3) is 11.4 Å². The van der Waals surface area contributed by atoms with Crippen LogP contribution in [0.2, 0.25) is 0 Å². The molecule has 5 rings (SSSR count). The van der Waals surface area contributed by atoms with E-state index in [0.717, 1.165) is 16.7 Å². The van der Waals surface area contributed by atoms with Gasteiger partial charge in [0.05, 0.1) is 33.4 Å². The van der Waals surface area contributed by atoms with Crippen molar-refractivity contribution in [2.75, 3.05) is 27.1 Å². The highest BCUT2D eigenvalue weighted by Gasteiger charge is 2.35. The third kappa shape index (κ3) is 10.3. The van der Waals surface area contributed by atoms with Crippen molar-refractivity contribution in [1.82, 2.24) is 29.4 Å². The molecule has 0 saturated carbocycles. The maximum atomic E-state index is 15.4. The molecule has 0 fully saturated rings. The highest BCUT2D eigenvalue weighted by atomic mass is 127. The second kappa shape index (κ2) is 18.0. The molecule has 55 heavy (non-hydrogen) atoms. The van der Waals surface area contributed by atoms with Crippen LogP contribution < -0.4 is 14.2 Å². The first-order chi connectivity index (χ1) is 26.1. The van der Waals surface area contributed by atoms with Crippen molar-refractivity contribution in [3.63, 3.8) is 0 Å². The Morgan fingerprint density at radius 1 is 0.836 bits per heavy atom. The molecule has 0 unspecified atom stereocenters. The fourth-order valence-electron chi connectivity index (χ4n) is 6.07. The number of sulfonamides is 1. The fourth-order valence-corrected chi connectivity index (χ4v) is 10.1. The summed E-state index contributed by atoms with van der Waals surface area (Å²) in [6.45, 7) is 7.69. The minimum atomic E-state index is -4.35. The van der Waals surface area contributed by atoms with E-state index in [1.807, 2.05) is 82.3 Å². The predicted octanol–water partition coefficient (Wildman–Crippen LogP) is 7.67. The van der Waals surface area contributed by atoms with Crippen LogP contribution in [0, 0.1) is 3.57 Å². The van der Waals surface area contributed by atoms with Gasteiger partial charge in [-0.05, 0) is 121 Å². The summed E-state index contributed by atoms with van der Waals surface area (Å²) in [5.74, 6) is 2.43. The van der Waals surface area contributed by atoms with Crippen LogP contribution in [0.5, 0.6) is 17.2 Å². The lowest BCUT2D eigenvalue weighted by Gasteiger charge is -2.38. The molecule has 292 valence electrons. The molecule has 1 N–H and O–H groups in total. The maximum absolute atomic E-state index is 15.4. The van der Waals surface area contributed by atoms with Gasteiger partial charge in [0.25, 0.3) is 0 Å².